The van der Waals surface area contributed by atoms with Gasteiger partial charge in [-0.1, -0.05) is 12.1 Å². The van der Waals surface area contributed by atoms with Crippen LogP contribution in [0.5, 0.6) is 0 Å². The predicted octanol–water partition coefficient (Wildman–Crippen LogP) is 2.92. The van der Waals surface area contributed by atoms with Crippen LogP contribution in [0.3, 0.4) is 0 Å². The van der Waals surface area contributed by atoms with Crippen molar-refractivity contribution in [2.75, 3.05) is 26.2 Å². The Morgan fingerprint density at radius 2 is 1.14 bits per heavy atom. The number of hydrogen-bond acceptors (Lipinski definition) is 4. The second-order valence-electron chi connectivity index (χ2n) is 5.93. The zero-order chi connectivity index (χ0) is 15.4. The number of rotatable bonds is 4. The first-order chi connectivity index (χ1) is 10.8. The van der Waals surface area contributed by atoms with Crippen molar-refractivity contribution < 1.29 is 0 Å². The van der Waals surface area contributed by atoms with Crippen molar-refractivity contribution in [1.29, 1.82) is 0 Å². The largest absolute Gasteiger partial charge is 0.293 e. The van der Waals surface area contributed by atoms with E-state index in [1.807, 2.05) is 24.5 Å². The standard InChI is InChI=1S/C18H24N4/c1-15(17-7-3-5-9-19-17)21-11-13-22(14-12-21)16(2)18-8-4-6-10-20-18/h3-10,15-16H,11-14H2,1-2H3/t15-,16-/m1/s1. The molecule has 0 radical (unpaired) electrons. The summed E-state index contributed by atoms with van der Waals surface area (Å²) in [5, 5.41) is 0. The quantitative estimate of drug-likeness (QED) is 0.868. The molecule has 0 spiro atoms. The number of nitrogens with zero attached hydrogens (tertiary/aromatic N) is 4. The van der Waals surface area contributed by atoms with Gasteiger partial charge in [-0.15, -0.1) is 0 Å². The molecular weight excluding hydrogens is 272 g/mol. The number of hydrogen-bond donors (Lipinski definition) is 0. The van der Waals surface area contributed by atoms with Crippen LogP contribution in [0.1, 0.15) is 37.3 Å². The van der Waals surface area contributed by atoms with E-state index in [0.717, 1.165) is 37.6 Å². The fourth-order valence-electron chi connectivity index (χ4n) is 3.13. The molecule has 0 saturated carbocycles. The first kappa shape index (κ1) is 15.1. The number of pyridine rings is 2. The Morgan fingerprint density at radius 3 is 1.45 bits per heavy atom. The molecule has 0 bridgehead atoms. The Kier molecular flexibility index (Phi) is 4.80. The smallest absolute Gasteiger partial charge is 0.0572 e. The van der Waals surface area contributed by atoms with Crippen molar-refractivity contribution in [3.63, 3.8) is 0 Å². The average Bonchev–Trinajstić information content (AvgIpc) is 2.62. The molecule has 1 fully saturated rings. The highest BCUT2D eigenvalue weighted by Crippen LogP contribution is 2.24. The van der Waals surface area contributed by atoms with Crippen LogP contribution in [0, 0.1) is 0 Å². The zero-order valence-corrected chi connectivity index (χ0v) is 13.4. The number of piperazine rings is 1. The highest BCUT2D eigenvalue weighted by Gasteiger charge is 2.25. The molecule has 1 aliphatic rings. The molecule has 0 N–H and O–H groups in total. The van der Waals surface area contributed by atoms with E-state index in [9.17, 15) is 0 Å². The van der Waals surface area contributed by atoms with Gasteiger partial charge in [-0.2, -0.15) is 0 Å². The van der Waals surface area contributed by atoms with E-state index >= 15 is 0 Å². The van der Waals surface area contributed by atoms with Crippen molar-refractivity contribution in [2.45, 2.75) is 25.9 Å². The maximum Gasteiger partial charge on any atom is 0.0572 e. The van der Waals surface area contributed by atoms with Gasteiger partial charge in [0.05, 0.1) is 11.4 Å². The molecule has 2 atom stereocenters. The van der Waals surface area contributed by atoms with E-state index < -0.39 is 0 Å². The highest BCUT2D eigenvalue weighted by atomic mass is 15.3. The lowest BCUT2D eigenvalue weighted by atomic mass is 10.1. The summed E-state index contributed by atoms with van der Waals surface area (Å²) < 4.78 is 0. The fraction of sp³-hybridized carbons (Fsp3) is 0.444. The molecule has 0 unspecified atom stereocenters. The van der Waals surface area contributed by atoms with Crippen LogP contribution in [0.25, 0.3) is 0 Å². The van der Waals surface area contributed by atoms with E-state index in [2.05, 4.69) is 57.9 Å². The Balaban J connectivity index is 1.58. The number of aromatic nitrogens is 2. The van der Waals surface area contributed by atoms with Crippen LogP contribution >= 0.6 is 0 Å². The van der Waals surface area contributed by atoms with Gasteiger partial charge >= 0.3 is 0 Å². The summed E-state index contributed by atoms with van der Waals surface area (Å²) in [6, 6.07) is 13.1. The molecule has 1 saturated heterocycles. The summed E-state index contributed by atoms with van der Waals surface area (Å²) in [6.45, 7) is 8.81. The fourth-order valence-corrected chi connectivity index (χ4v) is 3.13. The first-order valence-electron chi connectivity index (χ1n) is 8.05. The van der Waals surface area contributed by atoms with E-state index in [0.29, 0.717) is 12.1 Å². The van der Waals surface area contributed by atoms with Crippen molar-refractivity contribution >= 4 is 0 Å². The Hall–Kier alpha value is -1.78. The van der Waals surface area contributed by atoms with Crippen LogP contribution in [-0.2, 0) is 0 Å². The van der Waals surface area contributed by atoms with E-state index in [1.54, 1.807) is 0 Å². The van der Waals surface area contributed by atoms with E-state index in [4.69, 9.17) is 0 Å². The van der Waals surface area contributed by atoms with Crippen molar-refractivity contribution in [3.8, 4) is 0 Å². The van der Waals surface area contributed by atoms with Gasteiger partial charge in [0.25, 0.3) is 0 Å². The minimum absolute atomic E-state index is 0.383. The summed E-state index contributed by atoms with van der Waals surface area (Å²) in [7, 11) is 0. The molecule has 22 heavy (non-hydrogen) atoms. The van der Waals surface area contributed by atoms with Crippen molar-refractivity contribution in [1.82, 2.24) is 19.8 Å². The molecule has 3 rings (SSSR count). The third-order valence-electron chi connectivity index (χ3n) is 4.68. The SMILES string of the molecule is C[C@H](c1ccccn1)N1CCN([C@H](C)c2ccccn2)CC1. The van der Waals surface area contributed by atoms with Gasteiger partial charge in [-0.3, -0.25) is 19.8 Å². The van der Waals surface area contributed by atoms with Gasteiger partial charge in [0.15, 0.2) is 0 Å². The monoisotopic (exact) mass is 296 g/mol. The van der Waals surface area contributed by atoms with Crippen molar-refractivity contribution in [3.05, 3.63) is 60.2 Å². The lowest BCUT2D eigenvalue weighted by molar-refractivity contribution is 0.0759. The summed E-state index contributed by atoms with van der Waals surface area (Å²) in [5.74, 6) is 0. The van der Waals surface area contributed by atoms with Crippen LogP contribution in [0.4, 0.5) is 0 Å². The minimum Gasteiger partial charge on any atom is -0.293 e. The molecular formula is C18H24N4. The van der Waals surface area contributed by atoms with Crippen LogP contribution < -0.4 is 0 Å². The highest BCUT2D eigenvalue weighted by molar-refractivity contribution is 5.10. The van der Waals surface area contributed by atoms with Gasteiger partial charge in [-0.05, 0) is 38.1 Å². The third-order valence-corrected chi connectivity index (χ3v) is 4.68. The maximum absolute atomic E-state index is 4.49. The predicted molar refractivity (Wildman–Crippen MR) is 88.5 cm³/mol. The lowest BCUT2D eigenvalue weighted by Crippen LogP contribution is -2.48. The Labute approximate surface area is 132 Å². The second kappa shape index (κ2) is 6.99. The van der Waals surface area contributed by atoms with E-state index in [1.165, 1.54) is 0 Å². The van der Waals surface area contributed by atoms with Gasteiger partial charge in [0, 0.05) is 50.7 Å². The molecule has 3 heterocycles. The van der Waals surface area contributed by atoms with Crippen molar-refractivity contribution in [2.24, 2.45) is 0 Å². The lowest BCUT2D eigenvalue weighted by Gasteiger charge is -2.40. The van der Waals surface area contributed by atoms with E-state index in [-0.39, 0.29) is 0 Å². The topological polar surface area (TPSA) is 32.3 Å². The van der Waals surface area contributed by atoms with Gasteiger partial charge in [-0.25, -0.2) is 0 Å². The van der Waals surface area contributed by atoms with Gasteiger partial charge in [0.1, 0.15) is 0 Å². The summed E-state index contributed by atoms with van der Waals surface area (Å²) in [6.07, 6.45) is 3.76. The second-order valence-corrected chi connectivity index (χ2v) is 5.93. The summed E-state index contributed by atoms with van der Waals surface area (Å²) in [5.41, 5.74) is 2.32. The molecule has 116 valence electrons. The summed E-state index contributed by atoms with van der Waals surface area (Å²) >= 11 is 0. The Bertz CT molecular complexity index is 511. The molecule has 4 heteroatoms. The minimum atomic E-state index is 0.383. The van der Waals surface area contributed by atoms with Crippen LogP contribution in [-0.4, -0.2) is 45.9 Å². The molecule has 2 aromatic rings. The van der Waals surface area contributed by atoms with Crippen LogP contribution in [0.15, 0.2) is 48.8 Å². The normalized spacial score (nSPS) is 19.7. The average molecular weight is 296 g/mol. The molecule has 0 aliphatic carbocycles. The molecule has 0 aromatic carbocycles. The van der Waals surface area contributed by atoms with Gasteiger partial charge < -0.3 is 0 Å². The molecule has 0 amide bonds. The molecule has 4 nitrogen and oxygen atoms in total. The first-order valence-corrected chi connectivity index (χ1v) is 8.05. The molecule has 1 aliphatic heterocycles. The Morgan fingerprint density at radius 1 is 0.727 bits per heavy atom. The third kappa shape index (κ3) is 3.34. The van der Waals surface area contributed by atoms with Crippen LogP contribution in [0.2, 0.25) is 0 Å². The van der Waals surface area contributed by atoms with Gasteiger partial charge in [0.2, 0.25) is 0 Å². The zero-order valence-electron chi connectivity index (χ0n) is 13.4. The summed E-state index contributed by atoms with van der Waals surface area (Å²) in [4.78, 5) is 14.0. The maximum atomic E-state index is 4.49. The molecule has 2 aromatic heterocycles.